The first-order chi connectivity index (χ1) is 17.5. The predicted molar refractivity (Wildman–Crippen MR) is 140 cm³/mol. The summed E-state index contributed by atoms with van der Waals surface area (Å²) in [6, 6.07) is 5.90. The van der Waals surface area contributed by atoms with Crippen molar-refractivity contribution in [3.63, 3.8) is 0 Å². The molecular weight excluding hydrogens is 454 g/mol. The summed E-state index contributed by atoms with van der Waals surface area (Å²) in [5, 5.41) is 9.52. The number of nitrogens with zero attached hydrogens (tertiary/aromatic N) is 7. The average molecular weight is 480 g/mol. The molecule has 0 atom stereocenters. The first-order valence-corrected chi connectivity index (χ1v) is 11.8. The molecule has 0 radical (unpaired) electrons. The minimum Gasteiger partial charge on any atom is -0.383 e. The van der Waals surface area contributed by atoms with Gasteiger partial charge in [-0.3, -0.25) is 19.5 Å². The molecule has 36 heavy (non-hydrogen) atoms. The van der Waals surface area contributed by atoms with E-state index in [1.54, 1.807) is 15.8 Å². The zero-order valence-corrected chi connectivity index (χ0v) is 20.1. The van der Waals surface area contributed by atoms with Gasteiger partial charge in [0, 0.05) is 85.7 Å². The number of anilines is 3. The van der Waals surface area contributed by atoms with Crippen LogP contribution in [0.15, 0.2) is 48.0 Å². The van der Waals surface area contributed by atoms with Crippen molar-refractivity contribution >= 4 is 45.9 Å². The largest absolute Gasteiger partial charge is 0.383 e. The molecule has 6 rings (SSSR count). The van der Waals surface area contributed by atoms with Gasteiger partial charge in [0.25, 0.3) is 0 Å². The lowest BCUT2D eigenvalue weighted by atomic mass is 9.96. The van der Waals surface area contributed by atoms with Crippen molar-refractivity contribution < 1.29 is 4.79 Å². The highest BCUT2D eigenvalue weighted by Crippen LogP contribution is 2.33. The third-order valence-corrected chi connectivity index (χ3v) is 6.76. The summed E-state index contributed by atoms with van der Waals surface area (Å²) < 4.78 is 1.75. The van der Waals surface area contributed by atoms with Crippen molar-refractivity contribution in [3.05, 3.63) is 59.8 Å². The Morgan fingerprint density at radius 2 is 1.94 bits per heavy atom. The quantitative estimate of drug-likeness (QED) is 0.459. The number of carbonyl (C=O) groups excluding carboxylic acids is 1. The van der Waals surface area contributed by atoms with Gasteiger partial charge in [-0.2, -0.15) is 5.10 Å². The number of nitrogen functional groups attached to an aromatic ring is 1. The van der Waals surface area contributed by atoms with Crippen LogP contribution in [0.2, 0.25) is 0 Å². The van der Waals surface area contributed by atoms with Crippen molar-refractivity contribution in [1.29, 1.82) is 0 Å². The highest BCUT2D eigenvalue weighted by molar-refractivity contribution is 5.95. The van der Waals surface area contributed by atoms with Crippen molar-refractivity contribution in [2.45, 2.75) is 26.3 Å². The van der Waals surface area contributed by atoms with E-state index in [0.29, 0.717) is 24.0 Å². The first-order valence-electron chi connectivity index (χ1n) is 11.8. The fraction of sp³-hybridized carbons (Fsp3) is 0.231. The lowest BCUT2D eigenvalue weighted by Crippen LogP contribution is -2.29. The molecule has 3 N–H and O–H groups in total. The molecule has 1 amide bonds. The van der Waals surface area contributed by atoms with E-state index < -0.39 is 0 Å². The minimum atomic E-state index is 0.0494. The van der Waals surface area contributed by atoms with E-state index >= 15 is 0 Å². The molecule has 10 heteroatoms. The van der Waals surface area contributed by atoms with Gasteiger partial charge in [0.1, 0.15) is 18.2 Å². The highest BCUT2D eigenvalue weighted by atomic mass is 16.2. The zero-order chi connectivity index (χ0) is 24.8. The number of aliphatic imine (C=N–C) groups is 1. The van der Waals surface area contributed by atoms with E-state index in [1.165, 1.54) is 0 Å². The number of hydrogen-bond donors (Lipinski definition) is 2. The molecule has 2 aliphatic heterocycles. The molecule has 0 bridgehead atoms. The van der Waals surface area contributed by atoms with E-state index in [2.05, 4.69) is 37.3 Å². The van der Waals surface area contributed by atoms with Gasteiger partial charge >= 0.3 is 0 Å². The second-order valence-electron chi connectivity index (χ2n) is 9.10. The number of pyridine rings is 3. The summed E-state index contributed by atoms with van der Waals surface area (Å²) >= 11 is 0. The Morgan fingerprint density at radius 1 is 1.08 bits per heavy atom. The van der Waals surface area contributed by atoms with E-state index in [0.717, 1.165) is 57.3 Å². The van der Waals surface area contributed by atoms with Gasteiger partial charge in [-0.05, 0) is 35.6 Å². The summed E-state index contributed by atoms with van der Waals surface area (Å²) in [6.07, 6.45) is 10.7. The second-order valence-corrected chi connectivity index (χ2v) is 9.10. The molecule has 0 unspecified atom stereocenters. The van der Waals surface area contributed by atoms with Crippen LogP contribution in [-0.4, -0.2) is 55.3 Å². The number of fused-ring (bicyclic) bond motifs is 2. The summed E-state index contributed by atoms with van der Waals surface area (Å²) in [6.45, 7) is 2.98. The molecule has 0 aromatic carbocycles. The number of nitrogens with one attached hydrogen (secondary N) is 1. The van der Waals surface area contributed by atoms with E-state index in [9.17, 15) is 4.79 Å². The summed E-state index contributed by atoms with van der Waals surface area (Å²) in [7, 11) is 1.82. The molecule has 0 saturated heterocycles. The Balaban J connectivity index is 1.33. The number of amides is 1. The maximum absolute atomic E-state index is 12.2. The Hall–Kier alpha value is -4.60. The van der Waals surface area contributed by atoms with Crippen LogP contribution in [-0.2, 0) is 17.8 Å². The SMILES string of the molecule is Cc1c(C2=CN=CC2)cncc1-c1cc2cc(Nc3cc4n(n3)CC(=O)N(C)CC4)ncc2c(N)n1. The lowest BCUT2D eigenvalue weighted by Gasteiger charge is -2.13. The van der Waals surface area contributed by atoms with E-state index in [-0.39, 0.29) is 12.5 Å². The van der Waals surface area contributed by atoms with Gasteiger partial charge in [0.15, 0.2) is 5.82 Å². The van der Waals surface area contributed by atoms with Crippen molar-refractivity contribution in [1.82, 2.24) is 29.6 Å². The maximum Gasteiger partial charge on any atom is 0.244 e. The number of aromatic nitrogens is 5. The monoisotopic (exact) mass is 479 g/mol. The number of allylic oxidation sites excluding steroid dienone is 1. The second kappa shape index (κ2) is 8.56. The smallest absolute Gasteiger partial charge is 0.244 e. The lowest BCUT2D eigenvalue weighted by molar-refractivity contribution is -0.130. The van der Waals surface area contributed by atoms with Crippen LogP contribution in [0.4, 0.5) is 17.5 Å². The van der Waals surface area contributed by atoms with Crippen LogP contribution in [0, 0.1) is 6.92 Å². The van der Waals surface area contributed by atoms with Crippen molar-refractivity contribution in [2.24, 2.45) is 4.99 Å². The summed E-state index contributed by atoms with van der Waals surface area (Å²) in [5.41, 5.74) is 12.3. The molecular formula is C26H25N9O. The van der Waals surface area contributed by atoms with Gasteiger partial charge in [-0.15, -0.1) is 0 Å². The molecule has 10 nitrogen and oxygen atoms in total. The van der Waals surface area contributed by atoms with E-state index in [4.69, 9.17) is 5.73 Å². The Labute approximate surface area is 207 Å². The highest BCUT2D eigenvalue weighted by Gasteiger charge is 2.20. The van der Waals surface area contributed by atoms with Crippen LogP contribution in [0.5, 0.6) is 0 Å². The number of hydrogen-bond acceptors (Lipinski definition) is 8. The minimum absolute atomic E-state index is 0.0494. The fourth-order valence-corrected chi connectivity index (χ4v) is 4.65. The van der Waals surface area contributed by atoms with Crippen LogP contribution in [0.1, 0.15) is 23.2 Å². The molecule has 0 saturated carbocycles. The molecule has 0 fully saturated rings. The normalized spacial score (nSPS) is 15.2. The third-order valence-electron chi connectivity index (χ3n) is 6.76. The van der Waals surface area contributed by atoms with Crippen LogP contribution in [0.25, 0.3) is 27.6 Å². The third kappa shape index (κ3) is 3.86. The summed E-state index contributed by atoms with van der Waals surface area (Å²) in [5.74, 6) is 1.74. The molecule has 6 heterocycles. The van der Waals surface area contributed by atoms with Crippen molar-refractivity contribution in [3.8, 4) is 11.3 Å². The maximum atomic E-state index is 12.2. The van der Waals surface area contributed by atoms with Gasteiger partial charge in [0.05, 0.1) is 5.69 Å². The summed E-state index contributed by atoms with van der Waals surface area (Å²) in [4.78, 5) is 31.8. The predicted octanol–water partition coefficient (Wildman–Crippen LogP) is 3.35. The molecule has 0 spiro atoms. The standard InChI is InChI=1S/C26H25N9O/c1-15-19(16-3-5-28-10-16)11-29-12-20(15)22-7-17-8-23(30-13-21(17)26(27)31-22)32-24-9-18-4-6-34(2)25(36)14-35(18)33-24/h5,7-13H,3-4,6,14H2,1-2H3,(H2,27,31)(H,30,32,33). The molecule has 4 aromatic rings. The Morgan fingerprint density at radius 3 is 2.78 bits per heavy atom. The molecule has 180 valence electrons. The van der Waals surface area contributed by atoms with Gasteiger partial charge in [-0.25, -0.2) is 9.97 Å². The van der Waals surface area contributed by atoms with E-state index in [1.807, 2.05) is 50.1 Å². The topological polar surface area (TPSA) is 127 Å². The van der Waals surface area contributed by atoms with Gasteiger partial charge in [0.2, 0.25) is 5.91 Å². The van der Waals surface area contributed by atoms with Crippen LogP contribution in [0.3, 0.4) is 0 Å². The van der Waals surface area contributed by atoms with Crippen molar-refractivity contribution in [2.75, 3.05) is 24.6 Å². The fourth-order valence-electron chi connectivity index (χ4n) is 4.65. The first kappa shape index (κ1) is 21.9. The van der Waals surface area contributed by atoms with Gasteiger partial charge in [-0.1, -0.05) is 0 Å². The number of likely N-dealkylation sites (N-methyl/N-ethyl adjacent to an activating group) is 1. The number of rotatable bonds is 4. The van der Waals surface area contributed by atoms with Gasteiger partial charge < -0.3 is 16.0 Å². The number of carbonyl (C=O) groups is 1. The average Bonchev–Trinajstić information content (AvgIpc) is 3.50. The molecule has 2 aliphatic rings. The molecule has 4 aromatic heterocycles. The Bertz CT molecular complexity index is 1580. The Kier molecular flexibility index (Phi) is 5.21. The molecule has 0 aliphatic carbocycles. The van der Waals surface area contributed by atoms with Crippen LogP contribution < -0.4 is 11.1 Å². The zero-order valence-electron chi connectivity index (χ0n) is 20.1. The number of nitrogens with two attached hydrogens (primary N) is 1. The van der Waals surface area contributed by atoms with Crippen LogP contribution >= 0.6 is 0 Å².